The lowest BCUT2D eigenvalue weighted by Gasteiger charge is -2.23. The van der Waals surface area contributed by atoms with Gasteiger partial charge in [0.25, 0.3) is 0 Å². The van der Waals surface area contributed by atoms with Crippen LogP contribution in [0.5, 0.6) is 0 Å². The Kier molecular flexibility index (Phi) is 2.40. The number of carboxylic acid groups (broad SMARTS) is 1. The van der Waals surface area contributed by atoms with Crippen LogP contribution in [0.3, 0.4) is 0 Å². The first kappa shape index (κ1) is 11.3. The van der Waals surface area contributed by atoms with Crippen LogP contribution in [0.1, 0.15) is 31.2 Å². The Morgan fingerprint density at radius 3 is 2.83 bits per heavy atom. The Labute approximate surface area is 105 Å². The van der Waals surface area contributed by atoms with Crippen molar-refractivity contribution in [1.29, 1.82) is 0 Å². The molecule has 2 aromatic rings. The molecular formula is C14H16N2O2. The summed E-state index contributed by atoms with van der Waals surface area (Å²) >= 11 is 0. The predicted octanol–water partition coefficient (Wildman–Crippen LogP) is 2.47. The maximum Gasteiger partial charge on any atom is 0.314 e. The minimum absolute atomic E-state index is 0.690. The van der Waals surface area contributed by atoms with Gasteiger partial charge in [-0.05, 0) is 24.5 Å². The largest absolute Gasteiger partial charge is 0.481 e. The molecule has 3 rings (SSSR count). The fourth-order valence-electron chi connectivity index (χ4n) is 3.19. The van der Waals surface area contributed by atoms with Crippen molar-refractivity contribution < 1.29 is 9.90 Å². The summed E-state index contributed by atoms with van der Waals surface area (Å²) in [6.45, 7) is 0. The zero-order valence-corrected chi connectivity index (χ0v) is 10.4. The summed E-state index contributed by atoms with van der Waals surface area (Å²) in [5.41, 5.74) is 1.26. The second-order valence-corrected chi connectivity index (χ2v) is 5.14. The van der Waals surface area contributed by atoms with E-state index < -0.39 is 11.4 Å². The van der Waals surface area contributed by atoms with Gasteiger partial charge in [-0.25, -0.2) is 0 Å². The highest BCUT2D eigenvalue weighted by Crippen LogP contribution is 2.44. The van der Waals surface area contributed by atoms with Gasteiger partial charge in [0, 0.05) is 24.8 Å². The lowest BCUT2D eigenvalue weighted by atomic mass is 9.79. The first-order chi connectivity index (χ1) is 8.65. The smallest absolute Gasteiger partial charge is 0.314 e. The van der Waals surface area contributed by atoms with Gasteiger partial charge in [0.2, 0.25) is 0 Å². The van der Waals surface area contributed by atoms with Gasteiger partial charge >= 0.3 is 5.97 Å². The van der Waals surface area contributed by atoms with Crippen LogP contribution in [0.4, 0.5) is 0 Å². The van der Waals surface area contributed by atoms with Crippen molar-refractivity contribution >= 4 is 16.9 Å². The monoisotopic (exact) mass is 244 g/mol. The third-order valence-corrected chi connectivity index (χ3v) is 4.18. The number of pyridine rings is 1. The molecule has 1 N–H and O–H groups in total. The average Bonchev–Trinajstić information content (AvgIpc) is 2.96. The molecular weight excluding hydrogens is 228 g/mol. The second kappa shape index (κ2) is 3.83. The highest BCUT2D eigenvalue weighted by Gasteiger charge is 2.44. The molecule has 0 radical (unpaired) electrons. The summed E-state index contributed by atoms with van der Waals surface area (Å²) in [4.78, 5) is 15.9. The maximum atomic E-state index is 11.8. The van der Waals surface area contributed by atoms with Crippen LogP contribution in [-0.2, 0) is 17.3 Å². The zero-order chi connectivity index (χ0) is 12.8. The van der Waals surface area contributed by atoms with Crippen LogP contribution in [-0.4, -0.2) is 20.6 Å². The normalized spacial score (nSPS) is 18.3. The molecule has 1 saturated carbocycles. The Balaban J connectivity index is 2.28. The number of hydrogen-bond acceptors (Lipinski definition) is 2. The van der Waals surface area contributed by atoms with E-state index >= 15 is 0 Å². The molecule has 0 aliphatic heterocycles. The number of fused-ring (bicyclic) bond motifs is 1. The molecule has 1 aliphatic rings. The summed E-state index contributed by atoms with van der Waals surface area (Å²) in [6.07, 6.45) is 8.96. The molecule has 18 heavy (non-hydrogen) atoms. The molecule has 1 aliphatic carbocycles. The van der Waals surface area contributed by atoms with Gasteiger partial charge in [0.05, 0.1) is 17.1 Å². The molecule has 0 amide bonds. The molecule has 0 aromatic carbocycles. The lowest BCUT2D eigenvalue weighted by molar-refractivity contribution is -0.143. The van der Waals surface area contributed by atoms with Gasteiger partial charge < -0.3 is 9.67 Å². The van der Waals surface area contributed by atoms with Crippen LogP contribution in [0, 0.1) is 0 Å². The van der Waals surface area contributed by atoms with Gasteiger partial charge in [0.1, 0.15) is 0 Å². The summed E-state index contributed by atoms with van der Waals surface area (Å²) in [5.74, 6) is -0.690. The number of carbonyl (C=O) groups is 1. The van der Waals surface area contributed by atoms with Crippen LogP contribution in [0.25, 0.3) is 10.9 Å². The van der Waals surface area contributed by atoms with E-state index in [0.29, 0.717) is 0 Å². The molecule has 0 saturated heterocycles. The molecule has 0 bridgehead atoms. The van der Waals surface area contributed by atoms with Gasteiger partial charge in [-0.2, -0.15) is 0 Å². The minimum atomic E-state index is -0.694. The fourth-order valence-corrected chi connectivity index (χ4v) is 3.19. The van der Waals surface area contributed by atoms with Gasteiger partial charge in [-0.1, -0.05) is 12.8 Å². The van der Waals surface area contributed by atoms with Gasteiger partial charge in [-0.3, -0.25) is 9.78 Å². The predicted molar refractivity (Wildman–Crippen MR) is 68.5 cm³/mol. The highest BCUT2D eigenvalue weighted by molar-refractivity contribution is 5.92. The number of aromatic nitrogens is 2. The van der Waals surface area contributed by atoms with Crippen LogP contribution >= 0.6 is 0 Å². The Morgan fingerprint density at radius 2 is 2.17 bits per heavy atom. The zero-order valence-electron chi connectivity index (χ0n) is 10.4. The summed E-state index contributed by atoms with van der Waals surface area (Å²) in [5, 5.41) is 10.7. The lowest BCUT2D eigenvalue weighted by Crippen LogP contribution is -2.32. The molecule has 4 heteroatoms. The van der Waals surface area contributed by atoms with Crippen molar-refractivity contribution in [3.63, 3.8) is 0 Å². The fraction of sp³-hybridized carbons (Fsp3) is 0.429. The quantitative estimate of drug-likeness (QED) is 0.882. The number of nitrogens with zero attached hydrogens (tertiary/aromatic N) is 2. The molecule has 94 valence electrons. The van der Waals surface area contributed by atoms with E-state index in [0.717, 1.165) is 42.1 Å². The van der Waals surface area contributed by atoms with E-state index in [1.165, 1.54) is 0 Å². The van der Waals surface area contributed by atoms with Crippen molar-refractivity contribution in [2.24, 2.45) is 7.05 Å². The Hall–Kier alpha value is -1.84. The third-order valence-electron chi connectivity index (χ3n) is 4.18. The number of aliphatic carboxylic acids is 1. The van der Waals surface area contributed by atoms with Gasteiger partial charge in [0.15, 0.2) is 0 Å². The number of hydrogen-bond donors (Lipinski definition) is 1. The summed E-state index contributed by atoms with van der Waals surface area (Å²) in [7, 11) is 1.94. The Bertz CT molecular complexity index is 609. The third kappa shape index (κ3) is 1.38. The molecule has 2 aromatic heterocycles. The van der Waals surface area contributed by atoms with E-state index in [1.54, 1.807) is 12.4 Å². The molecule has 0 atom stereocenters. The number of aryl methyl sites for hydroxylation is 1. The summed E-state index contributed by atoms with van der Waals surface area (Å²) < 4.78 is 1.97. The van der Waals surface area contributed by atoms with Crippen molar-refractivity contribution in [3.05, 3.63) is 30.2 Å². The first-order valence-electron chi connectivity index (χ1n) is 6.28. The van der Waals surface area contributed by atoms with Crippen molar-refractivity contribution in [1.82, 2.24) is 9.55 Å². The molecule has 1 fully saturated rings. The van der Waals surface area contributed by atoms with E-state index in [1.807, 2.05) is 23.9 Å². The van der Waals surface area contributed by atoms with Crippen molar-refractivity contribution in [3.8, 4) is 0 Å². The maximum absolute atomic E-state index is 11.8. The van der Waals surface area contributed by atoms with Crippen molar-refractivity contribution in [2.75, 3.05) is 0 Å². The molecule has 4 nitrogen and oxygen atoms in total. The molecule has 0 spiro atoms. The topological polar surface area (TPSA) is 55.1 Å². The van der Waals surface area contributed by atoms with Crippen LogP contribution in [0.15, 0.2) is 24.7 Å². The molecule has 2 heterocycles. The SMILES string of the molecule is Cn1cc(C2(C(=O)O)CCCC2)c2ccncc21. The standard InChI is InChI=1S/C14H16N2O2/c1-16-9-11(10-4-7-15-8-12(10)16)14(13(17)18)5-2-3-6-14/h4,7-9H,2-3,5-6H2,1H3,(H,17,18). The summed E-state index contributed by atoms with van der Waals surface area (Å²) in [6, 6.07) is 1.92. The van der Waals surface area contributed by atoms with E-state index in [4.69, 9.17) is 0 Å². The number of carboxylic acids is 1. The minimum Gasteiger partial charge on any atom is -0.481 e. The van der Waals surface area contributed by atoms with Crippen LogP contribution < -0.4 is 0 Å². The average molecular weight is 244 g/mol. The van der Waals surface area contributed by atoms with Crippen LogP contribution in [0.2, 0.25) is 0 Å². The van der Waals surface area contributed by atoms with E-state index in [9.17, 15) is 9.90 Å². The Morgan fingerprint density at radius 1 is 1.44 bits per heavy atom. The van der Waals surface area contributed by atoms with Crippen molar-refractivity contribution in [2.45, 2.75) is 31.1 Å². The van der Waals surface area contributed by atoms with E-state index in [2.05, 4.69) is 4.98 Å². The highest BCUT2D eigenvalue weighted by atomic mass is 16.4. The second-order valence-electron chi connectivity index (χ2n) is 5.14. The first-order valence-corrected chi connectivity index (χ1v) is 6.28. The number of rotatable bonds is 2. The van der Waals surface area contributed by atoms with E-state index in [-0.39, 0.29) is 0 Å². The molecule has 0 unspecified atom stereocenters. The van der Waals surface area contributed by atoms with Gasteiger partial charge in [-0.15, -0.1) is 0 Å².